The fourth-order valence-electron chi connectivity index (χ4n) is 2.67. The highest BCUT2D eigenvalue weighted by molar-refractivity contribution is 7.99. The Bertz CT molecular complexity index is 653. The van der Waals surface area contributed by atoms with Crippen LogP contribution < -0.4 is 4.74 Å². The summed E-state index contributed by atoms with van der Waals surface area (Å²) >= 11 is 7.55. The molecule has 1 aliphatic heterocycles. The van der Waals surface area contributed by atoms with E-state index in [2.05, 4.69) is 15.6 Å². The predicted molar refractivity (Wildman–Crippen MR) is 88.3 cm³/mol. The highest BCUT2D eigenvalue weighted by Gasteiger charge is 2.18. The number of thioether (sulfide) groups is 1. The molecular weight excluding hydrogens is 288 g/mol. The molecule has 1 aromatic carbocycles. The number of H-pyrrole nitrogens is 1. The zero-order chi connectivity index (χ0) is 14.1. The van der Waals surface area contributed by atoms with E-state index in [9.17, 15) is 0 Å². The lowest BCUT2D eigenvalue weighted by Gasteiger charge is -2.12. The average molecular weight is 308 g/mol. The van der Waals surface area contributed by atoms with Crippen molar-refractivity contribution in [2.75, 3.05) is 11.5 Å². The molecule has 0 spiro atoms. The zero-order valence-electron chi connectivity index (χ0n) is 11.9. The summed E-state index contributed by atoms with van der Waals surface area (Å²) in [5, 5.41) is 0. The topological polar surface area (TPSA) is 29.9 Å². The van der Waals surface area contributed by atoms with Crippen molar-refractivity contribution in [2.45, 2.75) is 32.9 Å². The van der Waals surface area contributed by atoms with Gasteiger partial charge in [-0.3, -0.25) is 0 Å². The maximum absolute atomic E-state index is 5.87. The molecule has 0 saturated carbocycles. The maximum Gasteiger partial charge on any atom is 0.178 e. The third-order valence-electron chi connectivity index (χ3n) is 3.60. The largest absolute Gasteiger partial charge is 0.489 e. The summed E-state index contributed by atoms with van der Waals surface area (Å²) in [7, 11) is 0. The van der Waals surface area contributed by atoms with Crippen LogP contribution in [0.15, 0.2) is 18.2 Å². The molecule has 3 nitrogen and oxygen atoms in total. The molecule has 0 bridgehead atoms. The number of fused-ring (bicyclic) bond motifs is 1. The van der Waals surface area contributed by atoms with Crippen molar-refractivity contribution >= 4 is 35.0 Å². The van der Waals surface area contributed by atoms with Crippen molar-refractivity contribution < 1.29 is 4.74 Å². The molecule has 1 atom stereocenters. The van der Waals surface area contributed by atoms with Crippen molar-refractivity contribution in [3.05, 3.63) is 23.0 Å². The first-order valence-electron chi connectivity index (χ1n) is 7.11. The molecule has 1 unspecified atom stereocenters. The number of rotatable bonds is 4. The number of para-hydroxylation sites is 1. The molecule has 20 heavy (non-hydrogen) atoms. The quantitative estimate of drug-likeness (QED) is 0.857. The normalized spacial score (nSPS) is 19.1. The fourth-order valence-corrected chi connectivity index (χ4v) is 4.22. The van der Waals surface area contributed by atoms with Gasteiger partial charge in [-0.2, -0.15) is 11.8 Å². The van der Waals surface area contributed by atoms with Gasteiger partial charge >= 0.3 is 0 Å². The number of nitrogens with one attached hydrogen (secondary N) is 1. The van der Waals surface area contributed by atoms with E-state index in [0.717, 1.165) is 34.0 Å². The van der Waals surface area contributed by atoms with Gasteiger partial charge in [-0.15, -0.1) is 0 Å². The van der Waals surface area contributed by atoms with Crippen LogP contribution in [-0.4, -0.2) is 27.2 Å². The molecule has 0 aliphatic carbocycles. The Morgan fingerprint density at radius 1 is 1.50 bits per heavy atom. The van der Waals surface area contributed by atoms with Gasteiger partial charge in [-0.25, -0.2) is 0 Å². The predicted octanol–water partition coefficient (Wildman–Crippen LogP) is 4.24. The standard InChI is InChI=1S/C15H20N2OS2/c1-10(2)18-13-5-3-4-12-14(13)16-15(19)17(12)8-11-6-7-20-9-11/h3-5,10-11H,6-9H2,1-2H3,(H,16,19). The van der Waals surface area contributed by atoms with Crippen LogP contribution in [0.5, 0.6) is 5.75 Å². The first-order chi connectivity index (χ1) is 9.65. The van der Waals surface area contributed by atoms with Crippen molar-refractivity contribution in [1.29, 1.82) is 0 Å². The molecule has 1 saturated heterocycles. The number of benzene rings is 1. The smallest absolute Gasteiger partial charge is 0.178 e. The van der Waals surface area contributed by atoms with Gasteiger partial charge in [0.05, 0.1) is 11.6 Å². The summed E-state index contributed by atoms with van der Waals surface area (Å²) in [5.41, 5.74) is 2.18. The number of hydrogen-bond acceptors (Lipinski definition) is 3. The van der Waals surface area contributed by atoms with E-state index in [0.29, 0.717) is 0 Å². The minimum Gasteiger partial charge on any atom is -0.489 e. The molecule has 5 heteroatoms. The van der Waals surface area contributed by atoms with Gasteiger partial charge in [-0.05, 0) is 62.0 Å². The number of aromatic nitrogens is 2. The van der Waals surface area contributed by atoms with E-state index in [1.807, 2.05) is 37.7 Å². The summed E-state index contributed by atoms with van der Waals surface area (Å²) in [6.07, 6.45) is 1.46. The minimum atomic E-state index is 0.164. The SMILES string of the molecule is CC(C)Oc1cccc2c1[nH]c(=S)n2CC1CCSC1. The van der Waals surface area contributed by atoms with E-state index in [4.69, 9.17) is 17.0 Å². The van der Waals surface area contributed by atoms with Crippen LogP contribution in [0, 0.1) is 10.7 Å². The number of hydrogen-bond donors (Lipinski definition) is 1. The first kappa shape index (κ1) is 14.0. The van der Waals surface area contributed by atoms with Crippen LogP contribution in [-0.2, 0) is 6.54 Å². The van der Waals surface area contributed by atoms with Crippen molar-refractivity contribution in [1.82, 2.24) is 9.55 Å². The van der Waals surface area contributed by atoms with Crippen molar-refractivity contribution in [2.24, 2.45) is 5.92 Å². The fraction of sp³-hybridized carbons (Fsp3) is 0.533. The lowest BCUT2D eigenvalue weighted by atomic mass is 10.1. The molecule has 0 amide bonds. The Kier molecular flexibility index (Phi) is 4.08. The summed E-state index contributed by atoms with van der Waals surface area (Å²) in [6, 6.07) is 6.17. The van der Waals surface area contributed by atoms with Crippen LogP contribution in [0.2, 0.25) is 0 Å². The van der Waals surface area contributed by atoms with E-state index in [1.54, 1.807) is 0 Å². The molecule has 3 rings (SSSR count). The second-order valence-corrected chi connectivity index (χ2v) is 7.12. The molecule has 1 N–H and O–H groups in total. The Morgan fingerprint density at radius 2 is 2.35 bits per heavy atom. The van der Waals surface area contributed by atoms with Crippen LogP contribution >= 0.6 is 24.0 Å². The molecule has 0 radical (unpaired) electrons. The lowest BCUT2D eigenvalue weighted by Crippen LogP contribution is -2.10. The number of aromatic amines is 1. The van der Waals surface area contributed by atoms with E-state index in [-0.39, 0.29) is 6.10 Å². The Hall–Kier alpha value is -0.940. The van der Waals surface area contributed by atoms with Gasteiger partial charge in [0, 0.05) is 6.54 Å². The second-order valence-electron chi connectivity index (χ2n) is 5.59. The van der Waals surface area contributed by atoms with Crippen molar-refractivity contribution in [3.63, 3.8) is 0 Å². The maximum atomic E-state index is 5.87. The van der Waals surface area contributed by atoms with Gasteiger partial charge in [0.1, 0.15) is 11.3 Å². The Labute approximate surface area is 128 Å². The first-order valence-corrected chi connectivity index (χ1v) is 8.67. The van der Waals surface area contributed by atoms with Crippen LogP contribution in [0.3, 0.4) is 0 Å². The number of imidazole rings is 1. The average Bonchev–Trinajstić information content (AvgIpc) is 3.00. The van der Waals surface area contributed by atoms with Gasteiger partial charge in [0.25, 0.3) is 0 Å². The summed E-state index contributed by atoms with van der Waals surface area (Å²) in [6.45, 7) is 5.09. The third-order valence-corrected chi connectivity index (χ3v) is 5.15. The summed E-state index contributed by atoms with van der Waals surface area (Å²) < 4.78 is 8.90. The van der Waals surface area contributed by atoms with E-state index in [1.165, 1.54) is 17.9 Å². The summed E-state index contributed by atoms with van der Waals surface area (Å²) in [5.74, 6) is 4.15. The van der Waals surface area contributed by atoms with E-state index < -0.39 is 0 Å². The van der Waals surface area contributed by atoms with Crippen molar-refractivity contribution in [3.8, 4) is 5.75 Å². The Balaban J connectivity index is 2.00. The molecule has 2 aromatic rings. The summed E-state index contributed by atoms with van der Waals surface area (Å²) in [4.78, 5) is 3.32. The van der Waals surface area contributed by atoms with Gasteiger partial charge in [0.2, 0.25) is 0 Å². The van der Waals surface area contributed by atoms with Crippen LogP contribution in [0.25, 0.3) is 11.0 Å². The number of nitrogens with zero attached hydrogens (tertiary/aromatic N) is 1. The third kappa shape index (κ3) is 2.74. The lowest BCUT2D eigenvalue weighted by molar-refractivity contribution is 0.245. The minimum absolute atomic E-state index is 0.164. The van der Waals surface area contributed by atoms with Gasteiger partial charge in [-0.1, -0.05) is 6.07 Å². The second kappa shape index (κ2) is 5.82. The Morgan fingerprint density at radius 3 is 3.05 bits per heavy atom. The molecule has 2 heterocycles. The molecule has 1 aromatic heterocycles. The molecule has 1 aliphatic rings. The van der Waals surface area contributed by atoms with Gasteiger partial charge < -0.3 is 14.3 Å². The van der Waals surface area contributed by atoms with Crippen LogP contribution in [0.4, 0.5) is 0 Å². The van der Waals surface area contributed by atoms with E-state index >= 15 is 0 Å². The van der Waals surface area contributed by atoms with Gasteiger partial charge in [0.15, 0.2) is 4.77 Å². The highest BCUT2D eigenvalue weighted by Crippen LogP contribution is 2.29. The number of ether oxygens (including phenoxy) is 1. The molecular formula is C15H20N2OS2. The van der Waals surface area contributed by atoms with Crippen LogP contribution in [0.1, 0.15) is 20.3 Å². The zero-order valence-corrected chi connectivity index (χ0v) is 13.5. The molecule has 108 valence electrons. The molecule has 1 fully saturated rings. The monoisotopic (exact) mass is 308 g/mol. The highest BCUT2D eigenvalue weighted by atomic mass is 32.2.